The molecular weight excluding hydrogens is 332 g/mol. The number of rotatable bonds is 5. The Kier molecular flexibility index (Phi) is 4.68. The molecule has 0 saturated carbocycles. The lowest BCUT2D eigenvalue weighted by atomic mass is 10.2. The number of benzene rings is 1. The molecule has 1 N–H and O–H groups in total. The summed E-state index contributed by atoms with van der Waals surface area (Å²) in [5.41, 5.74) is 1.23. The highest BCUT2D eigenvalue weighted by Crippen LogP contribution is 2.27. The molecule has 3 aromatic rings. The number of anilines is 1. The topological polar surface area (TPSA) is 68.3 Å². The summed E-state index contributed by atoms with van der Waals surface area (Å²) in [6.45, 7) is 2.11. The third-order valence-corrected chi connectivity index (χ3v) is 4.87. The summed E-state index contributed by atoms with van der Waals surface area (Å²) in [6, 6.07) is 9.01. The lowest BCUT2D eigenvalue weighted by Gasteiger charge is -2.00. The van der Waals surface area contributed by atoms with E-state index in [4.69, 9.17) is 4.74 Å². The van der Waals surface area contributed by atoms with Crippen molar-refractivity contribution >= 4 is 49.9 Å². The van der Waals surface area contributed by atoms with Crippen molar-refractivity contribution in [2.75, 3.05) is 11.9 Å². The highest BCUT2D eigenvalue weighted by Gasteiger charge is 2.12. The Hall–Kier alpha value is -2.25. The number of carbonyl (C=O) groups is 2. The second-order valence-electron chi connectivity index (χ2n) is 4.73. The predicted octanol–water partition coefficient (Wildman–Crippen LogP) is 3.72. The molecule has 0 spiro atoms. The molecule has 3 rings (SSSR count). The van der Waals surface area contributed by atoms with Gasteiger partial charge in [0.25, 0.3) is 0 Å². The van der Waals surface area contributed by atoms with E-state index in [0.29, 0.717) is 23.7 Å². The van der Waals surface area contributed by atoms with E-state index < -0.39 is 0 Å². The minimum atomic E-state index is -0.355. The lowest BCUT2D eigenvalue weighted by molar-refractivity contribution is -0.115. The molecule has 0 radical (unpaired) electrons. The number of fused-ring (bicyclic) bond motifs is 1. The molecule has 1 aromatic carbocycles. The number of hydrogen-bond donors (Lipinski definition) is 1. The lowest BCUT2D eigenvalue weighted by Crippen LogP contribution is -2.13. The summed E-state index contributed by atoms with van der Waals surface area (Å²) < 4.78 is 5.82. The van der Waals surface area contributed by atoms with Crippen molar-refractivity contribution in [2.24, 2.45) is 0 Å². The zero-order valence-electron chi connectivity index (χ0n) is 12.4. The van der Waals surface area contributed by atoms with E-state index in [1.807, 2.05) is 17.5 Å². The molecule has 0 saturated heterocycles. The van der Waals surface area contributed by atoms with Crippen molar-refractivity contribution in [3.63, 3.8) is 0 Å². The molecule has 2 heterocycles. The Morgan fingerprint density at radius 3 is 2.91 bits per heavy atom. The van der Waals surface area contributed by atoms with Crippen LogP contribution >= 0.6 is 22.7 Å². The SMILES string of the molecule is CCOC(=O)c1ccc2nc(NC(=O)Cc3cccs3)sc2c1. The van der Waals surface area contributed by atoms with Gasteiger partial charge < -0.3 is 10.1 Å². The molecule has 1 amide bonds. The van der Waals surface area contributed by atoms with Gasteiger partial charge in [0, 0.05) is 4.88 Å². The molecule has 7 heteroatoms. The first-order valence-corrected chi connectivity index (χ1v) is 8.75. The molecule has 0 unspecified atom stereocenters. The molecule has 118 valence electrons. The molecule has 0 aliphatic carbocycles. The van der Waals surface area contributed by atoms with E-state index in [1.165, 1.54) is 11.3 Å². The summed E-state index contributed by atoms with van der Waals surface area (Å²) in [5.74, 6) is -0.455. The third-order valence-electron chi connectivity index (χ3n) is 3.06. The third kappa shape index (κ3) is 3.75. The minimum Gasteiger partial charge on any atom is -0.462 e. The molecule has 0 aliphatic heterocycles. The van der Waals surface area contributed by atoms with Crippen LogP contribution in [-0.4, -0.2) is 23.5 Å². The van der Waals surface area contributed by atoms with Crippen LogP contribution in [-0.2, 0) is 16.0 Å². The molecule has 23 heavy (non-hydrogen) atoms. The van der Waals surface area contributed by atoms with Crippen molar-refractivity contribution in [1.82, 2.24) is 4.98 Å². The number of esters is 1. The van der Waals surface area contributed by atoms with Crippen LogP contribution in [0, 0.1) is 0 Å². The van der Waals surface area contributed by atoms with Gasteiger partial charge >= 0.3 is 5.97 Å². The van der Waals surface area contributed by atoms with E-state index in [0.717, 1.165) is 15.1 Å². The second-order valence-corrected chi connectivity index (χ2v) is 6.79. The molecule has 5 nitrogen and oxygen atoms in total. The number of thiazole rings is 1. The Morgan fingerprint density at radius 2 is 2.17 bits per heavy atom. The van der Waals surface area contributed by atoms with Gasteiger partial charge in [-0.25, -0.2) is 9.78 Å². The zero-order valence-corrected chi connectivity index (χ0v) is 14.0. The molecule has 0 bridgehead atoms. The average molecular weight is 346 g/mol. The number of carbonyl (C=O) groups excluding carboxylic acids is 2. The number of hydrogen-bond acceptors (Lipinski definition) is 6. The van der Waals surface area contributed by atoms with Gasteiger partial charge in [-0.05, 0) is 36.6 Å². The first-order chi connectivity index (χ1) is 11.2. The first kappa shape index (κ1) is 15.6. The van der Waals surface area contributed by atoms with E-state index in [-0.39, 0.29) is 11.9 Å². The summed E-state index contributed by atoms with van der Waals surface area (Å²) in [4.78, 5) is 29.1. The number of thiophene rings is 1. The summed E-state index contributed by atoms with van der Waals surface area (Å²) in [7, 11) is 0. The number of ether oxygens (including phenoxy) is 1. The highest BCUT2D eigenvalue weighted by molar-refractivity contribution is 7.22. The average Bonchev–Trinajstić information content (AvgIpc) is 3.15. The Bertz CT molecular complexity index is 840. The van der Waals surface area contributed by atoms with Crippen molar-refractivity contribution < 1.29 is 14.3 Å². The van der Waals surface area contributed by atoms with Gasteiger partial charge in [0.15, 0.2) is 5.13 Å². The van der Waals surface area contributed by atoms with Crippen LogP contribution in [0.4, 0.5) is 5.13 Å². The molecule has 2 aromatic heterocycles. The quantitative estimate of drug-likeness (QED) is 0.715. The van der Waals surface area contributed by atoms with Crippen molar-refractivity contribution in [3.05, 3.63) is 46.2 Å². The number of amides is 1. The molecule has 0 atom stereocenters. The molecule has 0 aliphatic rings. The van der Waals surface area contributed by atoms with Crippen molar-refractivity contribution in [1.29, 1.82) is 0 Å². The van der Waals surface area contributed by atoms with E-state index in [2.05, 4.69) is 10.3 Å². The fourth-order valence-electron chi connectivity index (χ4n) is 2.05. The van der Waals surface area contributed by atoms with Gasteiger partial charge in [-0.3, -0.25) is 4.79 Å². The standard InChI is InChI=1S/C16H14N2O3S2/c1-2-21-15(20)10-5-6-12-13(8-10)23-16(17-12)18-14(19)9-11-4-3-7-22-11/h3-8H,2,9H2,1H3,(H,17,18,19). The van der Waals surface area contributed by atoms with Gasteiger partial charge in [0.05, 0.1) is 28.8 Å². The monoisotopic (exact) mass is 346 g/mol. The summed E-state index contributed by atoms with van der Waals surface area (Å²) in [5, 5.41) is 5.27. The van der Waals surface area contributed by atoms with Crippen molar-refractivity contribution in [3.8, 4) is 0 Å². The fraction of sp³-hybridized carbons (Fsp3) is 0.188. The van der Waals surface area contributed by atoms with Gasteiger partial charge in [-0.15, -0.1) is 11.3 Å². The van der Waals surface area contributed by atoms with E-state index in [1.54, 1.807) is 36.5 Å². The van der Waals surface area contributed by atoms with Gasteiger partial charge in [-0.2, -0.15) is 0 Å². The first-order valence-electron chi connectivity index (χ1n) is 7.05. The Balaban J connectivity index is 1.74. The number of aromatic nitrogens is 1. The number of nitrogens with zero attached hydrogens (tertiary/aromatic N) is 1. The summed E-state index contributed by atoms with van der Waals surface area (Å²) >= 11 is 2.89. The Morgan fingerprint density at radius 1 is 1.30 bits per heavy atom. The Labute approximate surface area is 140 Å². The zero-order chi connectivity index (χ0) is 16.2. The van der Waals surface area contributed by atoms with Crippen LogP contribution in [0.25, 0.3) is 10.2 Å². The predicted molar refractivity (Wildman–Crippen MR) is 92.2 cm³/mol. The molecule has 0 fully saturated rings. The minimum absolute atomic E-state index is 0.0999. The van der Waals surface area contributed by atoms with Crippen LogP contribution in [0.5, 0.6) is 0 Å². The van der Waals surface area contributed by atoms with Crippen LogP contribution in [0.2, 0.25) is 0 Å². The van der Waals surface area contributed by atoms with Crippen LogP contribution in [0.15, 0.2) is 35.7 Å². The van der Waals surface area contributed by atoms with E-state index in [9.17, 15) is 9.59 Å². The summed E-state index contributed by atoms with van der Waals surface area (Å²) in [6.07, 6.45) is 0.335. The fourth-order valence-corrected chi connectivity index (χ4v) is 3.68. The van der Waals surface area contributed by atoms with Gasteiger partial charge in [0.1, 0.15) is 0 Å². The maximum absolute atomic E-state index is 12.0. The highest BCUT2D eigenvalue weighted by atomic mass is 32.1. The van der Waals surface area contributed by atoms with Gasteiger partial charge in [-0.1, -0.05) is 17.4 Å². The van der Waals surface area contributed by atoms with Gasteiger partial charge in [0.2, 0.25) is 5.91 Å². The van der Waals surface area contributed by atoms with Crippen LogP contribution in [0.3, 0.4) is 0 Å². The number of nitrogens with one attached hydrogen (secondary N) is 1. The van der Waals surface area contributed by atoms with Crippen LogP contribution in [0.1, 0.15) is 22.2 Å². The van der Waals surface area contributed by atoms with E-state index >= 15 is 0 Å². The maximum atomic E-state index is 12.0. The normalized spacial score (nSPS) is 10.7. The largest absolute Gasteiger partial charge is 0.462 e. The maximum Gasteiger partial charge on any atom is 0.338 e. The second kappa shape index (κ2) is 6.89. The van der Waals surface area contributed by atoms with Crippen molar-refractivity contribution in [2.45, 2.75) is 13.3 Å². The molecular formula is C16H14N2O3S2. The van der Waals surface area contributed by atoms with Crippen LogP contribution < -0.4 is 5.32 Å². The smallest absolute Gasteiger partial charge is 0.338 e.